The Morgan fingerprint density at radius 1 is 1.56 bits per heavy atom. The van der Waals surface area contributed by atoms with Gasteiger partial charge >= 0.3 is 0 Å². The number of piperidine rings is 1. The molecule has 0 radical (unpaired) electrons. The number of carbonyl (C=O) groups is 1. The highest BCUT2D eigenvalue weighted by Crippen LogP contribution is 2.30. The maximum absolute atomic E-state index is 12.6. The maximum Gasteiger partial charge on any atom is 0.254 e. The van der Waals surface area contributed by atoms with E-state index in [-0.39, 0.29) is 5.91 Å². The summed E-state index contributed by atoms with van der Waals surface area (Å²) in [5, 5.41) is 3.37. The first kappa shape index (κ1) is 13.8. The van der Waals surface area contributed by atoms with Crippen LogP contribution in [0, 0.1) is 5.92 Å². The Morgan fingerprint density at radius 2 is 2.33 bits per heavy atom. The topological polar surface area (TPSA) is 41.6 Å². The number of hydrogen-bond donors (Lipinski definition) is 1. The molecule has 0 saturated carbocycles. The van der Waals surface area contributed by atoms with Crippen molar-refractivity contribution in [1.82, 2.24) is 10.2 Å². The van der Waals surface area contributed by atoms with E-state index in [2.05, 4.69) is 12.2 Å². The third kappa shape index (κ3) is 2.54. The lowest BCUT2D eigenvalue weighted by Gasteiger charge is -2.41. The average molecular weight is 254 g/mol. The molecule has 3 unspecified atom stereocenters. The van der Waals surface area contributed by atoms with E-state index in [0.717, 1.165) is 45.4 Å². The summed E-state index contributed by atoms with van der Waals surface area (Å²) < 4.78 is 5.67. The molecule has 1 N–H and O–H groups in total. The molecule has 104 valence electrons. The van der Waals surface area contributed by atoms with Crippen molar-refractivity contribution in [2.45, 2.75) is 51.2 Å². The summed E-state index contributed by atoms with van der Waals surface area (Å²) in [7, 11) is 2.02. The Hall–Kier alpha value is -0.610. The first-order valence-electron chi connectivity index (χ1n) is 7.21. The number of nitrogens with one attached hydrogen (secondary N) is 1. The smallest absolute Gasteiger partial charge is 0.254 e. The van der Waals surface area contributed by atoms with Crippen LogP contribution in [0.2, 0.25) is 0 Å². The lowest BCUT2D eigenvalue weighted by atomic mass is 9.88. The SMILES string of the molecule is CCC1CN(C(=O)C2(C)CCCO2)CCC1NC. The molecule has 2 saturated heterocycles. The normalized spacial score (nSPS) is 36.9. The minimum absolute atomic E-state index is 0.202. The molecule has 0 aromatic carbocycles. The summed E-state index contributed by atoms with van der Waals surface area (Å²) in [6, 6.07) is 0.552. The molecule has 2 rings (SSSR count). The van der Waals surface area contributed by atoms with Crippen LogP contribution in [0.1, 0.15) is 39.5 Å². The molecule has 0 spiro atoms. The standard InChI is InChI=1S/C14H26N2O2/c1-4-11-10-16(8-6-12(11)15-3)13(17)14(2)7-5-9-18-14/h11-12,15H,4-10H2,1-3H3. The van der Waals surface area contributed by atoms with Gasteiger partial charge in [-0.15, -0.1) is 0 Å². The minimum atomic E-state index is -0.551. The molecule has 18 heavy (non-hydrogen) atoms. The lowest BCUT2D eigenvalue weighted by molar-refractivity contribution is -0.153. The molecule has 4 nitrogen and oxygen atoms in total. The number of hydrogen-bond acceptors (Lipinski definition) is 3. The Labute approximate surface area is 110 Å². The number of amides is 1. The van der Waals surface area contributed by atoms with Crippen molar-refractivity contribution in [3.63, 3.8) is 0 Å². The average Bonchev–Trinajstić information content (AvgIpc) is 2.85. The van der Waals surface area contributed by atoms with Crippen LogP contribution in [0.15, 0.2) is 0 Å². The van der Waals surface area contributed by atoms with E-state index in [9.17, 15) is 4.79 Å². The van der Waals surface area contributed by atoms with Gasteiger partial charge in [0.05, 0.1) is 0 Å². The van der Waals surface area contributed by atoms with Crippen molar-refractivity contribution in [2.75, 3.05) is 26.7 Å². The van der Waals surface area contributed by atoms with Crippen LogP contribution in [0.25, 0.3) is 0 Å². The van der Waals surface area contributed by atoms with Gasteiger partial charge in [0, 0.05) is 25.7 Å². The van der Waals surface area contributed by atoms with Crippen molar-refractivity contribution in [1.29, 1.82) is 0 Å². The molecular weight excluding hydrogens is 228 g/mol. The second kappa shape index (κ2) is 5.57. The highest BCUT2D eigenvalue weighted by Gasteiger charge is 2.42. The third-order valence-electron chi connectivity index (χ3n) is 4.59. The number of carbonyl (C=O) groups excluding carboxylic acids is 1. The molecule has 4 heteroatoms. The molecule has 2 aliphatic rings. The molecule has 0 aliphatic carbocycles. The van der Waals surface area contributed by atoms with Crippen LogP contribution in [0.5, 0.6) is 0 Å². The van der Waals surface area contributed by atoms with E-state index < -0.39 is 5.60 Å². The third-order valence-corrected chi connectivity index (χ3v) is 4.59. The molecule has 0 bridgehead atoms. The zero-order valence-electron chi connectivity index (χ0n) is 11.9. The fourth-order valence-corrected chi connectivity index (χ4v) is 3.29. The predicted molar refractivity (Wildman–Crippen MR) is 71.4 cm³/mol. The highest BCUT2D eigenvalue weighted by atomic mass is 16.5. The summed E-state index contributed by atoms with van der Waals surface area (Å²) in [6.07, 6.45) is 4.05. The second-order valence-electron chi connectivity index (χ2n) is 5.79. The first-order chi connectivity index (χ1) is 8.60. The van der Waals surface area contributed by atoms with Gasteiger partial charge in [0.1, 0.15) is 5.60 Å². The van der Waals surface area contributed by atoms with Crippen molar-refractivity contribution >= 4 is 5.91 Å². The van der Waals surface area contributed by atoms with Gasteiger partial charge in [0.2, 0.25) is 0 Å². The van der Waals surface area contributed by atoms with Gasteiger partial charge in [0.15, 0.2) is 0 Å². The molecule has 3 atom stereocenters. The fourth-order valence-electron chi connectivity index (χ4n) is 3.29. The van der Waals surface area contributed by atoms with Crippen LogP contribution < -0.4 is 5.32 Å². The van der Waals surface area contributed by atoms with Gasteiger partial charge in [-0.3, -0.25) is 4.79 Å². The number of likely N-dealkylation sites (tertiary alicyclic amines) is 1. The monoisotopic (exact) mass is 254 g/mol. The Balaban J connectivity index is 2.00. The predicted octanol–water partition coefficient (Wildman–Crippen LogP) is 1.40. The Bertz CT molecular complexity index is 300. The summed E-state index contributed by atoms with van der Waals surface area (Å²) in [6.45, 7) is 6.62. The number of rotatable bonds is 3. The van der Waals surface area contributed by atoms with Gasteiger partial charge in [-0.1, -0.05) is 13.3 Å². The molecule has 1 amide bonds. The van der Waals surface area contributed by atoms with Gasteiger partial charge < -0.3 is 15.0 Å². The zero-order chi connectivity index (χ0) is 13.2. The van der Waals surface area contributed by atoms with Gasteiger partial charge in [0.25, 0.3) is 5.91 Å². The van der Waals surface area contributed by atoms with Crippen LogP contribution in [-0.4, -0.2) is 49.2 Å². The van der Waals surface area contributed by atoms with Crippen LogP contribution in [0.4, 0.5) is 0 Å². The molecular formula is C14H26N2O2. The van der Waals surface area contributed by atoms with Gasteiger partial charge in [-0.05, 0) is 39.2 Å². The largest absolute Gasteiger partial charge is 0.365 e. The van der Waals surface area contributed by atoms with E-state index in [0.29, 0.717) is 12.0 Å². The lowest BCUT2D eigenvalue weighted by Crippen LogP contribution is -2.55. The summed E-state index contributed by atoms with van der Waals surface area (Å²) in [4.78, 5) is 14.6. The maximum atomic E-state index is 12.6. The molecule has 0 aromatic heterocycles. The number of nitrogens with zero attached hydrogens (tertiary/aromatic N) is 1. The summed E-state index contributed by atoms with van der Waals surface area (Å²) in [5.41, 5.74) is -0.551. The molecule has 2 heterocycles. The van der Waals surface area contributed by atoms with E-state index in [1.807, 2.05) is 18.9 Å². The minimum Gasteiger partial charge on any atom is -0.365 e. The van der Waals surface area contributed by atoms with E-state index in [4.69, 9.17) is 4.74 Å². The summed E-state index contributed by atoms with van der Waals surface area (Å²) in [5.74, 6) is 0.769. The van der Waals surface area contributed by atoms with Crippen LogP contribution >= 0.6 is 0 Å². The molecule has 2 aliphatic heterocycles. The van der Waals surface area contributed by atoms with Gasteiger partial charge in [-0.2, -0.15) is 0 Å². The summed E-state index contributed by atoms with van der Waals surface area (Å²) >= 11 is 0. The quantitative estimate of drug-likeness (QED) is 0.828. The van der Waals surface area contributed by atoms with E-state index in [1.54, 1.807) is 0 Å². The van der Waals surface area contributed by atoms with Crippen LogP contribution in [0.3, 0.4) is 0 Å². The Morgan fingerprint density at radius 3 is 2.89 bits per heavy atom. The van der Waals surface area contributed by atoms with Crippen molar-refractivity contribution < 1.29 is 9.53 Å². The molecule has 2 fully saturated rings. The van der Waals surface area contributed by atoms with Crippen molar-refractivity contribution in [2.24, 2.45) is 5.92 Å². The van der Waals surface area contributed by atoms with Gasteiger partial charge in [-0.25, -0.2) is 0 Å². The highest BCUT2D eigenvalue weighted by molar-refractivity contribution is 5.85. The van der Waals surface area contributed by atoms with E-state index in [1.165, 1.54) is 0 Å². The van der Waals surface area contributed by atoms with Crippen molar-refractivity contribution in [3.8, 4) is 0 Å². The Kier molecular flexibility index (Phi) is 4.28. The van der Waals surface area contributed by atoms with Crippen LogP contribution in [-0.2, 0) is 9.53 Å². The van der Waals surface area contributed by atoms with Crippen molar-refractivity contribution in [3.05, 3.63) is 0 Å². The zero-order valence-corrected chi connectivity index (χ0v) is 11.9. The second-order valence-corrected chi connectivity index (χ2v) is 5.79. The fraction of sp³-hybridized carbons (Fsp3) is 0.929. The molecule has 0 aromatic rings. The van der Waals surface area contributed by atoms with E-state index >= 15 is 0 Å². The first-order valence-corrected chi connectivity index (χ1v) is 7.21. The number of ether oxygens (including phenoxy) is 1.